The third kappa shape index (κ3) is 2.35. The quantitative estimate of drug-likeness (QED) is 0.767. The van der Waals surface area contributed by atoms with Crippen molar-refractivity contribution < 1.29 is 9.53 Å². The largest absolute Gasteiger partial charge is 0.381 e. The van der Waals surface area contributed by atoms with Gasteiger partial charge in [0.15, 0.2) is 0 Å². The van der Waals surface area contributed by atoms with Gasteiger partial charge in [-0.2, -0.15) is 5.26 Å². The second kappa shape index (κ2) is 4.84. The van der Waals surface area contributed by atoms with Crippen LogP contribution < -0.4 is 5.32 Å². The molecule has 0 bridgehead atoms. The van der Waals surface area contributed by atoms with Gasteiger partial charge < -0.3 is 10.1 Å². The van der Waals surface area contributed by atoms with Crippen LogP contribution in [0.3, 0.4) is 0 Å². The lowest BCUT2D eigenvalue weighted by Gasteiger charge is -2.32. The summed E-state index contributed by atoms with van der Waals surface area (Å²) in [5.41, 5.74) is -0.599. The summed E-state index contributed by atoms with van der Waals surface area (Å²) >= 11 is 0. The summed E-state index contributed by atoms with van der Waals surface area (Å²) in [6.45, 7) is 1.17. The second-order valence-corrected chi connectivity index (χ2v) is 4.80. The van der Waals surface area contributed by atoms with Crippen molar-refractivity contribution in [3.05, 3.63) is 0 Å². The zero-order valence-corrected chi connectivity index (χ0v) is 9.50. The van der Waals surface area contributed by atoms with Gasteiger partial charge in [0.1, 0.15) is 5.54 Å². The van der Waals surface area contributed by atoms with Gasteiger partial charge >= 0.3 is 0 Å². The normalized spacial score (nSPS) is 28.3. The maximum atomic E-state index is 11.9. The molecule has 0 aromatic rings. The van der Waals surface area contributed by atoms with E-state index in [1.807, 2.05) is 0 Å². The van der Waals surface area contributed by atoms with Gasteiger partial charge in [-0.25, -0.2) is 0 Å². The van der Waals surface area contributed by atoms with Crippen molar-refractivity contribution >= 4 is 5.91 Å². The fourth-order valence-electron chi connectivity index (χ4n) is 2.50. The molecule has 2 aliphatic rings. The van der Waals surface area contributed by atoms with Gasteiger partial charge in [-0.1, -0.05) is 19.3 Å². The average molecular weight is 222 g/mol. The molecule has 0 aromatic heterocycles. The van der Waals surface area contributed by atoms with Crippen molar-refractivity contribution in [3.8, 4) is 6.07 Å². The predicted octanol–water partition coefficient (Wildman–Crippen LogP) is 1.37. The summed E-state index contributed by atoms with van der Waals surface area (Å²) in [4.78, 5) is 11.9. The molecule has 0 radical (unpaired) electrons. The van der Waals surface area contributed by atoms with Gasteiger partial charge in [-0.3, -0.25) is 4.79 Å². The summed E-state index contributed by atoms with van der Waals surface area (Å²) in [7, 11) is 0. The lowest BCUT2D eigenvalue weighted by molar-refractivity contribution is -0.126. The minimum absolute atomic E-state index is 0.000880. The Kier molecular flexibility index (Phi) is 3.45. The molecule has 4 nitrogen and oxygen atoms in total. The number of hydrogen-bond acceptors (Lipinski definition) is 3. The molecule has 88 valence electrons. The van der Waals surface area contributed by atoms with Crippen LogP contribution in [-0.4, -0.2) is 24.7 Å². The van der Waals surface area contributed by atoms with Crippen LogP contribution in [0.25, 0.3) is 0 Å². The molecular weight excluding hydrogens is 204 g/mol. The number of ether oxygens (including phenoxy) is 1. The minimum atomic E-state index is -0.599. The van der Waals surface area contributed by atoms with E-state index in [9.17, 15) is 10.1 Å². The first-order chi connectivity index (χ1) is 7.76. The molecule has 1 atom stereocenters. The highest BCUT2D eigenvalue weighted by Crippen LogP contribution is 2.28. The van der Waals surface area contributed by atoms with Gasteiger partial charge in [0.2, 0.25) is 5.91 Å². The zero-order chi connectivity index (χ0) is 11.4. The molecule has 1 aliphatic heterocycles. The van der Waals surface area contributed by atoms with Crippen LogP contribution in [0.5, 0.6) is 0 Å². The van der Waals surface area contributed by atoms with Crippen molar-refractivity contribution in [2.24, 2.45) is 5.92 Å². The van der Waals surface area contributed by atoms with Gasteiger partial charge in [0.05, 0.1) is 18.6 Å². The van der Waals surface area contributed by atoms with Gasteiger partial charge in [0, 0.05) is 6.61 Å². The van der Waals surface area contributed by atoms with E-state index in [0.717, 1.165) is 32.1 Å². The second-order valence-electron chi connectivity index (χ2n) is 4.80. The lowest BCUT2D eigenvalue weighted by Crippen LogP contribution is -2.50. The molecule has 1 unspecified atom stereocenters. The lowest BCUT2D eigenvalue weighted by atomic mass is 9.82. The van der Waals surface area contributed by atoms with E-state index in [1.54, 1.807) is 0 Å². The monoisotopic (exact) mass is 222 g/mol. The van der Waals surface area contributed by atoms with E-state index in [2.05, 4.69) is 11.4 Å². The molecule has 2 rings (SSSR count). The Morgan fingerprint density at radius 1 is 1.38 bits per heavy atom. The van der Waals surface area contributed by atoms with Crippen molar-refractivity contribution in [1.29, 1.82) is 5.26 Å². The third-order valence-electron chi connectivity index (χ3n) is 3.58. The number of rotatable bonds is 2. The molecular formula is C12H18N2O2. The number of nitriles is 1. The van der Waals surface area contributed by atoms with Crippen LogP contribution >= 0.6 is 0 Å². The van der Waals surface area contributed by atoms with Crippen molar-refractivity contribution in [3.63, 3.8) is 0 Å². The maximum Gasteiger partial charge on any atom is 0.226 e. The van der Waals surface area contributed by atoms with Crippen LogP contribution in [-0.2, 0) is 9.53 Å². The summed E-state index contributed by atoms with van der Waals surface area (Å²) in [6.07, 6.45) is 5.62. The fraction of sp³-hybridized carbons (Fsp3) is 0.833. The first-order valence-electron chi connectivity index (χ1n) is 6.07. The van der Waals surface area contributed by atoms with Gasteiger partial charge in [-0.15, -0.1) is 0 Å². The molecule has 0 spiro atoms. The Hall–Kier alpha value is -1.08. The van der Waals surface area contributed by atoms with Crippen LogP contribution in [0.2, 0.25) is 0 Å². The standard InChI is InChI=1S/C12H18N2O2/c13-9-12(5-2-1-3-6-12)14-11(15)10-4-7-16-8-10/h10H,1-8H2,(H,14,15). The van der Waals surface area contributed by atoms with Crippen LogP contribution in [0.4, 0.5) is 0 Å². The molecule has 1 saturated carbocycles. The number of hydrogen-bond donors (Lipinski definition) is 1. The molecule has 4 heteroatoms. The highest BCUT2D eigenvalue weighted by molar-refractivity contribution is 5.80. The molecule has 2 fully saturated rings. The van der Waals surface area contributed by atoms with E-state index in [0.29, 0.717) is 13.2 Å². The highest BCUT2D eigenvalue weighted by atomic mass is 16.5. The molecule has 16 heavy (non-hydrogen) atoms. The SMILES string of the molecule is N#CC1(NC(=O)C2CCOC2)CCCCC1. The van der Waals surface area contributed by atoms with E-state index >= 15 is 0 Å². The van der Waals surface area contributed by atoms with Crippen LogP contribution in [0, 0.1) is 17.2 Å². The van der Waals surface area contributed by atoms with Crippen LogP contribution in [0.1, 0.15) is 38.5 Å². The summed E-state index contributed by atoms with van der Waals surface area (Å²) in [5, 5.41) is 12.2. The van der Waals surface area contributed by atoms with E-state index in [1.165, 1.54) is 6.42 Å². The predicted molar refractivity (Wildman–Crippen MR) is 58.5 cm³/mol. The number of nitrogens with one attached hydrogen (secondary N) is 1. The van der Waals surface area contributed by atoms with Gasteiger partial charge in [0.25, 0.3) is 0 Å². The Balaban J connectivity index is 1.95. The average Bonchev–Trinajstić information content (AvgIpc) is 2.84. The molecule has 0 aromatic carbocycles. The molecule has 1 aliphatic carbocycles. The first kappa shape index (κ1) is 11.4. The van der Waals surface area contributed by atoms with E-state index in [4.69, 9.17) is 4.74 Å². The maximum absolute atomic E-state index is 11.9. The smallest absolute Gasteiger partial charge is 0.226 e. The topological polar surface area (TPSA) is 62.1 Å². The number of amides is 1. The van der Waals surface area contributed by atoms with Crippen LogP contribution in [0.15, 0.2) is 0 Å². The molecule has 1 saturated heterocycles. The molecule has 1 N–H and O–H groups in total. The van der Waals surface area contributed by atoms with E-state index in [-0.39, 0.29) is 11.8 Å². The minimum Gasteiger partial charge on any atom is -0.381 e. The fourth-order valence-corrected chi connectivity index (χ4v) is 2.50. The highest BCUT2D eigenvalue weighted by Gasteiger charge is 2.36. The number of carbonyl (C=O) groups excluding carboxylic acids is 1. The molecule has 1 amide bonds. The Labute approximate surface area is 96.0 Å². The summed E-state index contributed by atoms with van der Waals surface area (Å²) in [5.74, 6) is -0.0481. The van der Waals surface area contributed by atoms with Crippen molar-refractivity contribution in [2.45, 2.75) is 44.1 Å². The van der Waals surface area contributed by atoms with Crippen molar-refractivity contribution in [2.75, 3.05) is 13.2 Å². The zero-order valence-electron chi connectivity index (χ0n) is 9.50. The third-order valence-corrected chi connectivity index (χ3v) is 3.58. The number of carbonyl (C=O) groups is 1. The van der Waals surface area contributed by atoms with Gasteiger partial charge in [-0.05, 0) is 19.3 Å². The summed E-state index contributed by atoms with van der Waals surface area (Å²) in [6, 6.07) is 2.30. The Morgan fingerprint density at radius 3 is 2.69 bits per heavy atom. The van der Waals surface area contributed by atoms with Crippen molar-refractivity contribution in [1.82, 2.24) is 5.32 Å². The number of nitrogens with zero attached hydrogens (tertiary/aromatic N) is 1. The Morgan fingerprint density at radius 2 is 2.12 bits per heavy atom. The Bertz CT molecular complexity index is 297. The molecule has 1 heterocycles. The van der Waals surface area contributed by atoms with E-state index < -0.39 is 5.54 Å². The summed E-state index contributed by atoms with van der Waals surface area (Å²) < 4.78 is 5.19. The first-order valence-corrected chi connectivity index (χ1v) is 6.07.